The maximum Gasteiger partial charge on any atom is 0.337 e. The lowest BCUT2D eigenvalue weighted by atomic mass is 10.1. The van der Waals surface area contributed by atoms with Crippen LogP contribution in [-0.4, -0.2) is 36.1 Å². The zero-order chi connectivity index (χ0) is 14.1. The van der Waals surface area contributed by atoms with Crippen molar-refractivity contribution in [2.24, 2.45) is 5.92 Å². The first-order chi connectivity index (χ1) is 9.65. The van der Waals surface area contributed by atoms with Crippen LogP contribution in [0.15, 0.2) is 24.3 Å². The summed E-state index contributed by atoms with van der Waals surface area (Å²) in [6.45, 7) is 1.46. The minimum Gasteiger partial charge on any atom is -0.478 e. The Kier molecular flexibility index (Phi) is 3.34. The molecule has 1 saturated heterocycles. The van der Waals surface area contributed by atoms with Crippen LogP contribution in [0.5, 0.6) is 0 Å². The summed E-state index contributed by atoms with van der Waals surface area (Å²) in [6, 6.07) is 7.15. The highest BCUT2D eigenvalue weighted by Crippen LogP contribution is 2.30. The van der Waals surface area contributed by atoms with Crippen LogP contribution in [0.1, 0.15) is 29.6 Å². The van der Waals surface area contributed by atoms with E-state index < -0.39 is 5.97 Å². The molecule has 1 heterocycles. The van der Waals surface area contributed by atoms with Gasteiger partial charge in [-0.3, -0.25) is 4.79 Å². The number of amides is 1. The smallest absolute Gasteiger partial charge is 0.337 e. The number of anilines is 1. The third kappa shape index (κ3) is 2.61. The predicted molar refractivity (Wildman–Crippen MR) is 74.9 cm³/mol. The van der Waals surface area contributed by atoms with Crippen molar-refractivity contribution in [3.8, 4) is 0 Å². The quantitative estimate of drug-likeness (QED) is 0.872. The standard InChI is InChI=1S/C15H18N2O3/c18-14(10-5-6-10)16-11-7-8-17(9-11)13-4-2-1-3-12(13)15(19)20/h1-4,10-11H,5-9H2,(H,16,18)(H,19,20). The molecule has 1 aromatic carbocycles. The molecule has 20 heavy (non-hydrogen) atoms. The lowest BCUT2D eigenvalue weighted by molar-refractivity contribution is -0.122. The summed E-state index contributed by atoms with van der Waals surface area (Å²) >= 11 is 0. The number of benzene rings is 1. The maximum absolute atomic E-state index is 11.8. The topological polar surface area (TPSA) is 69.6 Å². The van der Waals surface area contributed by atoms with E-state index in [0.717, 1.165) is 31.5 Å². The molecule has 1 aromatic rings. The van der Waals surface area contributed by atoms with Gasteiger partial charge in [0, 0.05) is 25.0 Å². The van der Waals surface area contributed by atoms with E-state index in [9.17, 15) is 14.7 Å². The van der Waals surface area contributed by atoms with E-state index in [2.05, 4.69) is 5.32 Å². The zero-order valence-electron chi connectivity index (χ0n) is 11.2. The van der Waals surface area contributed by atoms with Gasteiger partial charge >= 0.3 is 5.97 Å². The summed E-state index contributed by atoms with van der Waals surface area (Å²) < 4.78 is 0. The van der Waals surface area contributed by atoms with Gasteiger partial charge in [0.15, 0.2) is 0 Å². The molecule has 2 N–H and O–H groups in total. The summed E-state index contributed by atoms with van der Waals surface area (Å²) in [5.41, 5.74) is 1.06. The van der Waals surface area contributed by atoms with Crippen molar-refractivity contribution in [2.45, 2.75) is 25.3 Å². The van der Waals surface area contributed by atoms with E-state index in [4.69, 9.17) is 0 Å². The summed E-state index contributed by atoms with van der Waals surface area (Å²) in [5.74, 6) is -0.537. The highest BCUT2D eigenvalue weighted by atomic mass is 16.4. The Labute approximate surface area is 117 Å². The van der Waals surface area contributed by atoms with Crippen LogP contribution >= 0.6 is 0 Å². The van der Waals surface area contributed by atoms with Crippen molar-refractivity contribution in [1.29, 1.82) is 0 Å². The number of rotatable bonds is 4. The molecule has 106 valence electrons. The fraction of sp³-hybridized carbons (Fsp3) is 0.467. The largest absolute Gasteiger partial charge is 0.478 e. The Morgan fingerprint density at radius 3 is 2.65 bits per heavy atom. The number of carboxylic acid groups (broad SMARTS) is 1. The van der Waals surface area contributed by atoms with E-state index in [0.29, 0.717) is 12.1 Å². The van der Waals surface area contributed by atoms with Crippen molar-refractivity contribution >= 4 is 17.6 Å². The summed E-state index contributed by atoms with van der Waals surface area (Å²) in [4.78, 5) is 25.0. The lowest BCUT2D eigenvalue weighted by Gasteiger charge is -2.21. The van der Waals surface area contributed by atoms with Crippen molar-refractivity contribution in [3.63, 3.8) is 0 Å². The van der Waals surface area contributed by atoms with Gasteiger partial charge in [-0.2, -0.15) is 0 Å². The normalized spacial score (nSPS) is 21.8. The van der Waals surface area contributed by atoms with Crippen LogP contribution in [0.4, 0.5) is 5.69 Å². The molecule has 1 saturated carbocycles. The van der Waals surface area contributed by atoms with Crippen LogP contribution in [0.2, 0.25) is 0 Å². The van der Waals surface area contributed by atoms with E-state index in [1.807, 2.05) is 17.0 Å². The summed E-state index contributed by atoms with van der Waals surface area (Å²) in [7, 11) is 0. The number of hydrogen-bond acceptors (Lipinski definition) is 3. The molecule has 5 nitrogen and oxygen atoms in total. The van der Waals surface area contributed by atoms with Crippen molar-refractivity contribution in [3.05, 3.63) is 29.8 Å². The average molecular weight is 274 g/mol. The maximum atomic E-state index is 11.8. The van der Waals surface area contributed by atoms with Crippen LogP contribution in [0, 0.1) is 5.92 Å². The predicted octanol–water partition coefficient (Wildman–Crippen LogP) is 1.49. The highest BCUT2D eigenvalue weighted by Gasteiger charge is 2.33. The van der Waals surface area contributed by atoms with E-state index in [1.165, 1.54) is 0 Å². The molecule has 2 aliphatic rings. The second-order valence-electron chi connectivity index (χ2n) is 5.54. The summed E-state index contributed by atoms with van der Waals surface area (Å²) in [6.07, 6.45) is 2.88. The third-order valence-electron chi connectivity index (χ3n) is 3.96. The van der Waals surface area contributed by atoms with Gasteiger partial charge in [0.05, 0.1) is 11.3 Å². The van der Waals surface area contributed by atoms with Crippen LogP contribution in [-0.2, 0) is 4.79 Å². The van der Waals surface area contributed by atoms with Gasteiger partial charge in [-0.15, -0.1) is 0 Å². The first-order valence-corrected chi connectivity index (χ1v) is 7.03. The minimum absolute atomic E-state index is 0.130. The molecular weight excluding hydrogens is 256 g/mol. The Bertz CT molecular complexity index is 540. The number of nitrogens with one attached hydrogen (secondary N) is 1. The average Bonchev–Trinajstić information content (AvgIpc) is 3.20. The highest BCUT2D eigenvalue weighted by molar-refractivity contribution is 5.94. The third-order valence-corrected chi connectivity index (χ3v) is 3.96. The number of hydrogen-bond donors (Lipinski definition) is 2. The van der Waals surface area contributed by atoms with Crippen molar-refractivity contribution < 1.29 is 14.7 Å². The van der Waals surface area contributed by atoms with Crippen LogP contribution in [0.3, 0.4) is 0 Å². The van der Waals surface area contributed by atoms with E-state index in [1.54, 1.807) is 12.1 Å². The zero-order valence-corrected chi connectivity index (χ0v) is 11.2. The van der Waals surface area contributed by atoms with E-state index >= 15 is 0 Å². The second-order valence-corrected chi connectivity index (χ2v) is 5.54. The van der Waals surface area contributed by atoms with Gasteiger partial charge in [0.2, 0.25) is 5.91 Å². The van der Waals surface area contributed by atoms with Crippen LogP contribution in [0.25, 0.3) is 0 Å². The molecule has 0 spiro atoms. The Balaban J connectivity index is 1.67. The number of para-hydroxylation sites is 1. The molecule has 0 radical (unpaired) electrons. The van der Waals surface area contributed by atoms with Gasteiger partial charge in [0.1, 0.15) is 0 Å². The molecule has 3 rings (SSSR count). The number of carboxylic acids is 1. The monoisotopic (exact) mass is 274 g/mol. The van der Waals surface area contributed by atoms with E-state index in [-0.39, 0.29) is 17.9 Å². The van der Waals surface area contributed by atoms with Gasteiger partial charge in [-0.05, 0) is 31.4 Å². The Hall–Kier alpha value is -2.04. The number of aromatic carboxylic acids is 1. The minimum atomic E-state index is -0.911. The first kappa shape index (κ1) is 13.0. The van der Waals surface area contributed by atoms with Gasteiger partial charge in [-0.25, -0.2) is 4.79 Å². The Morgan fingerprint density at radius 1 is 1.20 bits per heavy atom. The fourth-order valence-electron chi connectivity index (χ4n) is 2.69. The van der Waals surface area contributed by atoms with Crippen molar-refractivity contribution in [1.82, 2.24) is 5.32 Å². The molecule has 0 aromatic heterocycles. The number of nitrogens with zero attached hydrogens (tertiary/aromatic N) is 1. The molecule has 0 bridgehead atoms. The lowest BCUT2D eigenvalue weighted by Crippen LogP contribution is -2.38. The number of carbonyl (C=O) groups excluding carboxylic acids is 1. The van der Waals surface area contributed by atoms with Gasteiger partial charge < -0.3 is 15.3 Å². The number of carbonyl (C=O) groups is 2. The SMILES string of the molecule is O=C(O)c1ccccc1N1CCC(NC(=O)C2CC2)C1. The molecular formula is C15H18N2O3. The molecule has 5 heteroatoms. The Morgan fingerprint density at radius 2 is 1.95 bits per heavy atom. The molecule has 1 atom stereocenters. The molecule has 1 aliphatic heterocycles. The second kappa shape index (κ2) is 5.15. The van der Waals surface area contributed by atoms with Crippen LogP contribution < -0.4 is 10.2 Å². The van der Waals surface area contributed by atoms with Gasteiger partial charge in [-0.1, -0.05) is 12.1 Å². The molecule has 1 aliphatic carbocycles. The first-order valence-electron chi connectivity index (χ1n) is 7.03. The molecule has 2 fully saturated rings. The summed E-state index contributed by atoms with van der Waals surface area (Å²) in [5, 5.41) is 12.3. The van der Waals surface area contributed by atoms with Crippen molar-refractivity contribution in [2.75, 3.05) is 18.0 Å². The molecule has 1 amide bonds. The fourth-order valence-corrected chi connectivity index (χ4v) is 2.69. The van der Waals surface area contributed by atoms with Gasteiger partial charge in [0.25, 0.3) is 0 Å². The molecule has 1 unspecified atom stereocenters.